The van der Waals surface area contributed by atoms with Crippen molar-refractivity contribution < 1.29 is 32.2 Å². The number of ether oxygens (including phenoxy) is 2. The zero-order valence-electron chi connectivity index (χ0n) is 15.7. The fourth-order valence-corrected chi connectivity index (χ4v) is 2.29. The van der Waals surface area contributed by atoms with Crippen LogP contribution in [0.15, 0.2) is 48.5 Å². The molecule has 0 unspecified atom stereocenters. The number of methoxy groups -OCH3 is 2. The first-order chi connectivity index (χ1) is 13.7. The summed E-state index contributed by atoms with van der Waals surface area (Å²) < 4.78 is 46.8. The molecule has 2 aromatic carbocycles. The fraction of sp³-hybridized carbons (Fsp3) is 0.200. The molecule has 0 aliphatic heterocycles. The van der Waals surface area contributed by atoms with Crippen molar-refractivity contribution in [1.82, 2.24) is 5.32 Å². The summed E-state index contributed by atoms with van der Waals surface area (Å²) in [4.78, 5) is 23.7. The van der Waals surface area contributed by atoms with Gasteiger partial charge in [0.25, 0.3) is 5.91 Å². The summed E-state index contributed by atoms with van der Waals surface area (Å²) in [5.41, 5.74) is 1.10. The summed E-state index contributed by atoms with van der Waals surface area (Å²) in [7, 11) is 3.03. The maximum Gasteiger partial charge on any atom is 0.405 e. The van der Waals surface area contributed by atoms with Crippen LogP contribution in [0, 0.1) is 0 Å². The van der Waals surface area contributed by atoms with Crippen molar-refractivity contribution in [3.05, 3.63) is 59.7 Å². The number of carbonyl (C=O) groups is 2. The van der Waals surface area contributed by atoms with E-state index in [4.69, 9.17) is 9.47 Å². The van der Waals surface area contributed by atoms with E-state index in [0.717, 1.165) is 0 Å². The van der Waals surface area contributed by atoms with Gasteiger partial charge in [-0.1, -0.05) is 0 Å². The molecular formula is C20H19F3N2O4. The summed E-state index contributed by atoms with van der Waals surface area (Å²) in [5.74, 6) is -0.144. The molecule has 0 bridgehead atoms. The fourth-order valence-electron chi connectivity index (χ4n) is 2.29. The van der Waals surface area contributed by atoms with Crippen LogP contribution in [-0.2, 0) is 4.79 Å². The van der Waals surface area contributed by atoms with Gasteiger partial charge in [0.1, 0.15) is 18.0 Å². The highest BCUT2D eigenvalue weighted by molar-refractivity contribution is 6.02. The molecule has 0 radical (unpaired) electrons. The average molecular weight is 408 g/mol. The van der Waals surface area contributed by atoms with E-state index in [1.165, 1.54) is 44.6 Å². The summed E-state index contributed by atoms with van der Waals surface area (Å²) in [5, 5.41) is 4.36. The molecule has 0 aliphatic carbocycles. The first kappa shape index (κ1) is 21.8. The van der Waals surface area contributed by atoms with Crippen LogP contribution >= 0.6 is 0 Å². The Balaban J connectivity index is 1.97. The van der Waals surface area contributed by atoms with Crippen molar-refractivity contribution in [2.75, 3.05) is 26.1 Å². The van der Waals surface area contributed by atoms with Gasteiger partial charge in [0.15, 0.2) is 0 Å². The molecule has 0 fully saturated rings. The number of halogens is 3. The lowest BCUT2D eigenvalue weighted by Gasteiger charge is -2.09. The van der Waals surface area contributed by atoms with Crippen LogP contribution in [0.1, 0.15) is 15.9 Å². The molecule has 0 aromatic heterocycles. The third-order valence-electron chi connectivity index (χ3n) is 3.72. The largest absolute Gasteiger partial charge is 0.497 e. The third kappa shape index (κ3) is 6.87. The minimum Gasteiger partial charge on any atom is -0.497 e. The zero-order chi connectivity index (χ0) is 21.4. The molecule has 9 heteroatoms. The molecule has 2 aromatic rings. The number of nitrogens with one attached hydrogen (secondary N) is 2. The van der Waals surface area contributed by atoms with Gasteiger partial charge < -0.3 is 20.1 Å². The van der Waals surface area contributed by atoms with Crippen LogP contribution in [-0.4, -0.2) is 38.8 Å². The van der Waals surface area contributed by atoms with Gasteiger partial charge in [-0.25, -0.2) is 0 Å². The van der Waals surface area contributed by atoms with Crippen molar-refractivity contribution in [2.45, 2.75) is 6.18 Å². The number of hydrogen-bond donors (Lipinski definition) is 2. The van der Waals surface area contributed by atoms with Crippen molar-refractivity contribution in [2.24, 2.45) is 0 Å². The molecule has 0 heterocycles. The lowest BCUT2D eigenvalue weighted by Crippen LogP contribution is -2.33. The van der Waals surface area contributed by atoms with Crippen LogP contribution in [0.2, 0.25) is 0 Å². The van der Waals surface area contributed by atoms with E-state index in [2.05, 4.69) is 5.32 Å². The summed E-state index contributed by atoms with van der Waals surface area (Å²) in [6, 6.07) is 10.6. The molecule has 2 N–H and O–H groups in total. The van der Waals surface area contributed by atoms with Gasteiger partial charge in [0.05, 0.1) is 14.2 Å². The first-order valence-electron chi connectivity index (χ1n) is 8.38. The predicted molar refractivity (Wildman–Crippen MR) is 102 cm³/mol. The molecule has 0 atom stereocenters. The number of benzene rings is 2. The second-order valence-corrected chi connectivity index (χ2v) is 5.81. The number of amides is 2. The highest BCUT2D eigenvalue weighted by Crippen LogP contribution is 2.25. The van der Waals surface area contributed by atoms with Crippen LogP contribution in [0.4, 0.5) is 18.9 Å². The van der Waals surface area contributed by atoms with E-state index in [0.29, 0.717) is 22.7 Å². The molecule has 154 valence electrons. The molecule has 0 aliphatic rings. The van der Waals surface area contributed by atoms with Crippen LogP contribution in [0.25, 0.3) is 6.08 Å². The van der Waals surface area contributed by atoms with E-state index >= 15 is 0 Å². The van der Waals surface area contributed by atoms with Gasteiger partial charge >= 0.3 is 6.18 Å². The lowest BCUT2D eigenvalue weighted by atomic mass is 10.1. The number of rotatable bonds is 7. The quantitative estimate of drug-likeness (QED) is 0.686. The van der Waals surface area contributed by atoms with Crippen LogP contribution in [0.3, 0.4) is 0 Å². The van der Waals surface area contributed by atoms with E-state index in [1.54, 1.807) is 29.6 Å². The SMILES string of the molecule is COc1ccc(/C=C/C(=O)Nc2ccc(C(=O)NCC(F)(F)F)cc2)c(OC)c1. The topological polar surface area (TPSA) is 76.7 Å². The highest BCUT2D eigenvalue weighted by atomic mass is 19.4. The van der Waals surface area contributed by atoms with Gasteiger partial charge in [-0.15, -0.1) is 0 Å². The van der Waals surface area contributed by atoms with E-state index in [1.807, 2.05) is 0 Å². The average Bonchev–Trinajstić information content (AvgIpc) is 2.70. The Morgan fingerprint density at radius 2 is 1.72 bits per heavy atom. The minimum absolute atomic E-state index is 0.0470. The summed E-state index contributed by atoms with van der Waals surface area (Å²) >= 11 is 0. The third-order valence-corrected chi connectivity index (χ3v) is 3.72. The van der Waals surface area contributed by atoms with Crippen molar-refractivity contribution >= 4 is 23.6 Å². The minimum atomic E-state index is -4.48. The second-order valence-electron chi connectivity index (χ2n) is 5.81. The Morgan fingerprint density at radius 3 is 2.31 bits per heavy atom. The summed E-state index contributed by atoms with van der Waals surface area (Å²) in [6.45, 7) is -1.41. The maximum absolute atomic E-state index is 12.1. The highest BCUT2D eigenvalue weighted by Gasteiger charge is 2.27. The molecule has 2 amide bonds. The van der Waals surface area contributed by atoms with Gasteiger partial charge in [-0.05, 0) is 42.5 Å². The Labute approximate surface area is 165 Å². The van der Waals surface area contributed by atoms with Gasteiger partial charge in [0, 0.05) is 29.0 Å². The Morgan fingerprint density at radius 1 is 1.03 bits per heavy atom. The standard InChI is InChI=1S/C20H19F3N2O4/c1-28-16-9-5-13(17(11-16)29-2)6-10-18(26)25-15-7-3-14(4-8-15)19(27)24-12-20(21,22)23/h3-11H,12H2,1-2H3,(H,24,27)(H,25,26)/b10-6+. The molecule has 6 nitrogen and oxygen atoms in total. The number of anilines is 1. The second kappa shape index (κ2) is 9.63. The molecule has 2 rings (SSSR count). The van der Waals surface area contributed by atoms with Crippen molar-refractivity contribution in [3.63, 3.8) is 0 Å². The van der Waals surface area contributed by atoms with Crippen molar-refractivity contribution in [3.8, 4) is 11.5 Å². The van der Waals surface area contributed by atoms with E-state index in [-0.39, 0.29) is 5.56 Å². The number of alkyl halides is 3. The van der Waals surface area contributed by atoms with Gasteiger partial charge in [-0.3, -0.25) is 9.59 Å². The predicted octanol–water partition coefficient (Wildman–Crippen LogP) is 3.65. The Kier molecular flexibility index (Phi) is 7.24. The Bertz CT molecular complexity index is 894. The number of carbonyl (C=O) groups excluding carboxylic acids is 2. The Hall–Kier alpha value is -3.49. The summed E-state index contributed by atoms with van der Waals surface area (Å²) in [6.07, 6.45) is -1.62. The maximum atomic E-state index is 12.1. The molecule has 29 heavy (non-hydrogen) atoms. The van der Waals surface area contributed by atoms with E-state index in [9.17, 15) is 22.8 Å². The number of hydrogen-bond acceptors (Lipinski definition) is 4. The monoisotopic (exact) mass is 408 g/mol. The first-order valence-corrected chi connectivity index (χ1v) is 8.38. The van der Waals surface area contributed by atoms with Crippen LogP contribution in [0.5, 0.6) is 11.5 Å². The molecule has 0 spiro atoms. The molecule has 0 saturated heterocycles. The lowest BCUT2D eigenvalue weighted by molar-refractivity contribution is -0.123. The van der Waals surface area contributed by atoms with E-state index < -0.39 is 24.5 Å². The smallest absolute Gasteiger partial charge is 0.405 e. The van der Waals surface area contributed by atoms with Gasteiger partial charge in [0.2, 0.25) is 5.91 Å². The zero-order valence-corrected chi connectivity index (χ0v) is 15.7. The van der Waals surface area contributed by atoms with Crippen molar-refractivity contribution in [1.29, 1.82) is 0 Å². The normalized spacial score (nSPS) is 11.2. The molecule has 0 saturated carbocycles. The van der Waals surface area contributed by atoms with Gasteiger partial charge in [-0.2, -0.15) is 13.2 Å². The van der Waals surface area contributed by atoms with Crippen LogP contribution < -0.4 is 20.1 Å². The molecular weight excluding hydrogens is 389 g/mol.